The minimum atomic E-state index is -4.23. The molecule has 0 rings (SSSR count). The van der Waals surface area contributed by atoms with E-state index in [2.05, 4.69) is 11.4 Å². The van der Waals surface area contributed by atoms with E-state index >= 15 is 0 Å². The standard InChI is InChI=1S/C8H19O4P.Na.H/c1-2-3-4-5-6-7-8-12-13(9,10)11;;/h2-8H2,1H3,(H2,9,10,11);;. The van der Waals surface area contributed by atoms with Gasteiger partial charge in [0.05, 0.1) is 6.61 Å². The first-order chi connectivity index (χ1) is 6.06. The fraction of sp³-hybridized carbons (Fsp3) is 1.00. The van der Waals surface area contributed by atoms with Crippen LogP contribution in [0, 0.1) is 0 Å². The molecule has 0 aliphatic carbocycles. The van der Waals surface area contributed by atoms with Gasteiger partial charge in [0.2, 0.25) is 0 Å². The molecule has 14 heavy (non-hydrogen) atoms. The second kappa shape index (κ2) is 10.6. The molecule has 0 bridgehead atoms. The molecule has 0 amide bonds. The number of unbranched alkanes of at least 4 members (excludes halogenated alkanes) is 5. The predicted octanol–water partition coefficient (Wildman–Crippen LogP) is 1.81. The normalized spacial score (nSPS) is 11.1. The summed E-state index contributed by atoms with van der Waals surface area (Å²) in [5.74, 6) is 0. The van der Waals surface area contributed by atoms with Crippen LogP contribution in [-0.2, 0) is 9.09 Å². The first-order valence-electron chi connectivity index (χ1n) is 4.76. The average molecular weight is 234 g/mol. The minimum absolute atomic E-state index is 0. The molecule has 0 aromatic rings. The number of phosphoric acid groups is 1. The quantitative estimate of drug-likeness (QED) is 0.382. The van der Waals surface area contributed by atoms with Gasteiger partial charge >= 0.3 is 37.4 Å². The van der Waals surface area contributed by atoms with E-state index in [1.165, 1.54) is 19.3 Å². The zero-order chi connectivity index (χ0) is 10.2. The van der Waals surface area contributed by atoms with Gasteiger partial charge in [-0.3, -0.25) is 4.52 Å². The van der Waals surface area contributed by atoms with E-state index in [0.29, 0.717) is 0 Å². The number of hydrogen-bond donors (Lipinski definition) is 2. The van der Waals surface area contributed by atoms with E-state index in [0.717, 1.165) is 19.3 Å². The molecule has 0 saturated carbocycles. The van der Waals surface area contributed by atoms with Crippen LogP contribution in [0.2, 0.25) is 0 Å². The molecule has 4 nitrogen and oxygen atoms in total. The Morgan fingerprint density at radius 1 is 1.07 bits per heavy atom. The summed E-state index contributed by atoms with van der Waals surface area (Å²) in [7, 11) is -4.23. The summed E-state index contributed by atoms with van der Waals surface area (Å²) < 4.78 is 14.5. The van der Waals surface area contributed by atoms with Gasteiger partial charge in [0.1, 0.15) is 0 Å². The number of hydrogen-bond acceptors (Lipinski definition) is 2. The summed E-state index contributed by atoms with van der Waals surface area (Å²) in [4.78, 5) is 16.7. The van der Waals surface area contributed by atoms with Gasteiger partial charge < -0.3 is 9.79 Å². The van der Waals surface area contributed by atoms with Crippen molar-refractivity contribution in [2.45, 2.75) is 45.4 Å². The van der Waals surface area contributed by atoms with Gasteiger partial charge in [-0.05, 0) is 6.42 Å². The van der Waals surface area contributed by atoms with Crippen molar-refractivity contribution < 1.29 is 18.9 Å². The van der Waals surface area contributed by atoms with Crippen molar-refractivity contribution in [3.05, 3.63) is 0 Å². The molecular formula is C8H20NaO4P. The fourth-order valence-electron chi connectivity index (χ4n) is 1.07. The summed E-state index contributed by atoms with van der Waals surface area (Å²) in [6.07, 6.45) is 6.48. The van der Waals surface area contributed by atoms with Crippen LogP contribution in [0.5, 0.6) is 0 Å². The summed E-state index contributed by atoms with van der Waals surface area (Å²) in [5.41, 5.74) is 0. The molecule has 0 atom stereocenters. The summed E-state index contributed by atoms with van der Waals surface area (Å²) in [6, 6.07) is 0. The maximum atomic E-state index is 10.2. The molecule has 0 aliphatic rings. The molecular weight excluding hydrogens is 214 g/mol. The summed E-state index contributed by atoms with van der Waals surface area (Å²) >= 11 is 0. The fourth-order valence-corrected chi connectivity index (χ4v) is 1.43. The van der Waals surface area contributed by atoms with Gasteiger partial charge in [0.15, 0.2) is 0 Å². The van der Waals surface area contributed by atoms with Crippen LogP contribution in [0.15, 0.2) is 0 Å². The molecule has 0 radical (unpaired) electrons. The van der Waals surface area contributed by atoms with Crippen molar-refractivity contribution >= 4 is 37.4 Å². The molecule has 2 N–H and O–H groups in total. The Labute approximate surface area is 108 Å². The van der Waals surface area contributed by atoms with Gasteiger partial charge in [0.25, 0.3) is 0 Å². The average Bonchev–Trinajstić information content (AvgIpc) is 2.01. The Morgan fingerprint density at radius 3 is 2.07 bits per heavy atom. The first-order valence-corrected chi connectivity index (χ1v) is 6.29. The van der Waals surface area contributed by atoms with Gasteiger partial charge in [-0.25, -0.2) is 4.57 Å². The van der Waals surface area contributed by atoms with Crippen LogP contribution >= 0.6 is 7.82 Å². The van der Waals surface area contributed by atoms with Crippen molar-refractivity contribution in [1.82, 2.24) is 0 Å². The Bertz CT molecular complexity index is 159. The molecule has 82 valence electrons. The van der Waals surface area contributed by atoms with E-state index in [9.17, 15) is 4.57 Å². The second-order valence-electron chi connectivity index (χ2n) is 3.09. The van der Waals surface area contributed by atoms with Crippen LogP contribution in [0.1, 0.15) is 45.4 Å². The van der Waals surface area contributed by atoms with Crippen molar-refractivity contribution in [3.63, 3.8) is 0 Å². The van der Waals surface area contributed by atoms with Crippen LogP contribution in [0.4, 0.5) is 0 Å². The molecule has 0 aromatic carbocycles. The molecule has 6 heteroatoms. The zero-order valence-electron chi connectivity index (χ0n) is 8.11. The predicted molar refractivity (Wildman–Crippen MR) is 58.5 cm³/mol. The number of phosphoric ester groups is 1. The Morgan fingerprint density at radius 2 is 1.57 bits per heavy atom. The third kappa shape index (κ3) is 15.6. The molecule has 0 heterocycles. The Kier molecular flexibility index (Phi) is 13.3. The third-order valence-corrected chi connectivity index (χ3v) is 2.28. The summed E-state index contributed by atoms with van der Waals surface area (Å²) in [5, 5.41) is 0. The molecule has 0 spiro atoms. The molecule has 0 fully saturated rings. The zero-order valence-corrected chi connectivity index (χ0v) is 9.00. The van der Waals surface area contributed by atoms with Crippen molar-refractivity contribution in [1.29, 1.82) is 0 Å². The Hall–Kier alpha value is 1.11. The monoisotopic (exact) mass is 234 g/mol. The van der Waals surface area contributed by atoms with Gasteiger partial charge in [-0.15, -0.1) is 0 Å². The van der Waals surface area contributed by atoms with Gasteiger partial charge in [-0.2, -0.15) is 0 Å². The van der Waals surface area contributed by atoms with Crippen LogP contribution in [-0.4, -0.2) is 46.0 Å². The van der Waals surface area contributed by atoms with E-state index in [-0.39, 0.29) is 36.2 Å². The van der Waals surface area contributed by atoms with Crippen LogP contribution < -0.4 is 0 Å². The SMILES string of the molecule is CCCCCCCCOP(=O)(O)O.[NaH]. The van der Waals surface area contributed by atoms with E-state index in [1.54, 1.807) is 0 Å². The van der Waals surface area contributed by atoms with Crippen molar-refractivity contribution in [2.24, 2.45) is 0 Å². The van der Waals surface area contributed by atoms with Crippen molar-refractivity contribution in [2.75, 3.05) is 6.61 Å². The van der Waals surface area contributed by atoms with Gasteiger partial charge in [0, 0.05) is 0 Å². The van der Waals surface area contributed by atoms with E-state index < -0.39 is 7.82 Å². The molecule has 0 aliphatic heterocycles. The topological polar surface area (TPSA) is 66.8 Å². The molecule has 0 unspecified atom stereocenters. The van der Waals surface area contributed by atoms with Crippen LogP contribution in [0.3, 0.4) is 0 Å². The Balaban J connectivity index is 0. The second-order valence-corrected chi connectivity index (χ2v) is 4.33. The maximum absolute atomic E-state index is 10.2. The first kappa shape index (κ1) is 17.5. The molecule has 0 aromatic heterocycles. The van der Waals surface area contributed by atoms with Gasteiger partial charge in [-0.1, -0.05) is 39.0 Å². The van der Waals surface area contributed by atoms with Crippen LogP contribution in [0.25, 0.3) is 0 Å². The van der Waals surface area contributed by atoms with E-state index in [1.807, 2.05) is 0 Å². The summed E-state index contributed by atoms with van der Waals surface area (Å²) in [6.45, 7) is 2.31. The van der Waals surface area contributed by atoms with E-state index in [4.69, 9.17) is 9.79 Å². The number of rotatable bonds is 8. The van der Waals surface area contributed by atoms with Crippen molar-refractivity contribution in [3.8, 4) is 0 Å². The molecule has 0 saturated heterocycles. The third-order valence-electron chi connectivity index (χ3n) is 1.76.